The molecule has 0 fully saturated rings. The highest BCUT2D eigenvalue weighted by molar-refractivity contribution is 5.92. The summed E-state index contributed by atoms with van der Waals surface area (Å²) in [5.41, 5.74) is 1.63. The van der Waals surface area contributed by atoms with Crippen molar-refractivity contribution in [3.63, 3.8) is 0 Å². The zero-order valence-corrected chi connectivity index (χ0v) is 14.4. The lowest BCUT2D eigenvalue weighted by Gasteiger charge is -2.20. The number of carbonyl (C=O) groups is 1. The maximum absolute atomic E-state index is 12.2. The Labute approximate surface area is 141 Å². The highest BCUT2D eigenvalue weighted by Crippen LogP contribution is 2.12. The van der Waals surface area contributed by atoms with Crippen molar-refractivity contribution in [1.29, 1.82) is 0 Å². The van der Waals surface area contributed by atoms with Gasteiger partial charge in [-0.05, 0) is 25.0 Å². The summed E-state index contributed by atoms with van der Waals surface area (Å²) in [5.74, 6) is -0.246. The van der Waals surface area contributed by atoms with Crippen LogP contribution in [0.1, 0.15) is 42.7 Å². The van der Waals surface area contributed by atoms with Gasteiger partial charge in [0.1, 0.15) is 5.69 Å². The van der Waals surface area contributed by atoms with Crippen LogP contribution in [-0.4, -0.2) is 33.4 Å². The standard InChI is InChI=1S/C18H25N3O3/c1-4-13(5-2)16(22)11-19-18(24)15-10-17(23)21(20-15)14-8-6-12(3)7-9-14/h6-10,13,16,20,22H,4-5,11H2,1-3H3,(H,19,24). The molecule has 0 radical (unpaired) electrons. The molecule has 1 unspecified atom stereocenters. The quantitative estimate of drug-likeness (QED) is 0.725. The van der Waals surface area contributed by atoms with Gasteiger partial charge in [0.05, 0.1) is 11.8 Å². The third kappa shape index (κ3) is 4.14. The van der Waals surface area contributed by atoms with E-state index in [9.17, 15) is 14.7 Å². The van der Waals surface area contributed by atoms with E-state index in [2.05, 4.69) is 10.4 Å². The molecule has 2 aromatic rings. The van der Waals surface area contributed by atoms with Crippen molar-refractivity contribution in [2.45, 2.75) is 39.7 Å². The first kappa shape index (κ1) is 18.0. The fourth-order valence-electron chi connectivity index (χ4n) is 2.69. The number of aliphatic hydroxyl groups is 1. The Kier molecular flexibility index (Phi) is 5.98. The lowest BCUT2D eigenvalue weighted by molar-refractivity contribution is 0.0812. The molecule has 1 aromatic heterocycles. The minimum atomic E-state index is -0.588. The predicted octanol–water partition coefficient (Wildman–Crippen LogP) is 2.00. The maximum atomic E-state index is 12.2. The van der Waals surface area contributed by atoms with E-state index in [-0.39, 0.29) is 23.7 Å². The molecule has 0 aliphatic heterocycles. The van der Waals surface area contributed by atoms with Crippen LogP contribution in [0, 0.1) is 12.8 Å². The average molecular weight is 331 g/mol. The van der Waals surface area contributed by atoms with E-state index in [1.165, 1.54) is 10.7 Å². The number of rotatable bonds is 7. The van der Waals surface area contributed by atoms with Gasteiger partial charge in [0.15, 0.2) is 0 Å². The van der Waals surface area contributed by atoms with E-state index in [1.54, 1.807) is 0 Å². The molecule has 0 saturated carbocycles. The molecular formula is C18H25N3O3. The first-order valence-electron chi connectivity index (χ1n) is 8.31. The number of carbonyl (C=O) groups excluding carboxylic acids is 1. The first-order chi connectivity index (χ1) is 11.5. The molecule has 1 amide bonds. The molecule has 2 rings (SSSR count). The number of hydrogen-bond acceptors (Lipinski definition) is 3. The van der Waals surface area contributed by atoms with Crippen LogP contribution < -0.4 is 10.9 Å². The minimum Gasteiger partial charge on any atom is -0.391 e. The number of aromatic amines is 1. The van der Waals surface area contributed by atoms with Crippen molar-refractivity contribution >= 4 is 5.91 Å². The van der Waals surface area contributed by atoms with Crippen LogP contribution in [0.3, 0.4) is 0 Å². The molecular weight excluding hydrogens is 306 g/mol. The second kappa shape index (κ2) is 7.97. The van der Waals surface area contributed by atoms with Crippen LogP contribution in [-0.2, 0) is 0 Å². The average Bonchev–Trinajstić information content (AvgIpc) is 2.96. The zero-order valence-electron chi connectivity index (χ0n) is 14.4. The highest BCUT2D eigenvalue weighted by atomic mass is 16.3. The Bertz CT molecular complexity index is 727. The Morgan fingerprint density at radius 3 is 2.46 bits per heavy atom. The molecule has 6 heteroatoms. The van der Waals surface area contributed by atoms with Crippen LogP contribution in [0.5, 0.6) is 0 Å². The number of benzene rings is 1. The largest absolute Gasteiger partial charge is 0.391 e. The molecule has 6 nitrogen and oxygen atoms in total. The number of aryl methyl sites for hydroxylation is 1. The molecule has 0 bridgehead atoms. The molecule has 1 atom stereocenters. The lowest BCUT2D eigenvalue weighted by atomic mass is 9.96. The van der Waals surface area contributed by atoms with Gasteiger partial charge in [0, 0.05) is 12.6 Å². The Morgan fingerprint density at radius 1 is 1.25 bits per heavy atom. The summed E-state index contributed by atoms with van der Waals surface area (Å²) >= 11 is 0. The Balaban J connectivity index is 2.07. The number of nitrogens with one attached hydrogen (secondary N) is 2. The molecule has 3 N–H and O–H groups in total. The fourth-order valence-corrected chi connectivity index (χ4v) is 2.69. The monoisotopic (exact) mass is 331 g/mol. The van der Waals surface area contributed by atoms with E-state index in [1.807, 2.05) is 45.0 Å². The summed E-state index contributed by atoms with van der Waals surface area (Å²) < 4.78 is 1.33. The minimum absolute atomic E-state index is 0.154. The van der Waals surface area contributed by atoms with Crippen LogP contribution in [0.15, 0.2) is 35.1 Å². The van der Waals surface area contributed by atoms with Crippen LogP contribution in [0.25, 0.3) is 5.69 Å². The van der Waals surface area contributed by atoms with Crippen molar-refractivity contribution in [3.8, 4) is 5.69 Å². The third-order valence-corrected chi connectivity index (χ3v) is 4.32. The zero-order chi connectivity index (χ0) is 17.7. The summed E-state index contributed by atoms with van der Waals surface area (Å²) in [7, 11) is 0. The van der Waals surface area contributed by atoms with Crippen molar-refractivity contribution in [2.75, 3.05) is 6.54 Å². The van der Waals surface area contributed by atoms with E-state index < -0.39 is 12.0 Å². The smallest absolute Gasteiger partial charge is 0.271 e. The number of hydrogen-bond donors (Lipinski definition) is 3. The molecule has 1 aromatic carbocycles. The maximum Gasteiger partial charge on any atom is 0.271 e. The molecule has 24 heavy (non-hydrogen) atoms. The van der Waals surface area contributed by atoms with Gasteiger partial charge in [0.25, 0.3) is 11.5 Å². The molecule has 130 valence electrons. The molecule has 0 saturated heterocycles. The fraction of sp³-hybridized carbons (Fsp3) is 0.444. The third-order valence-electron chi connectivity index (χ3n) is 4.32. The van der Waals surface area contributed by atoms with E-state index in [0.717, 1.165) is 18.4 Å². The summed E-state index contributed by atoms with van der Waals surface area (Å²) in [6.07, 6.45) is 1.12. The second-order valence-corrected chi connectivity index (χ2v) is 6.03. The molecule has 0 aliphatic carbocycles. The van der Waals surface area contributed by atoms with Gasteiger partial charge in [-0.15, -0.1) is 0 Å². The van der Waals surface area contributed by atoms with Gasteiger partial charge in [-0.1, -0.05) is 44.4 Å². The van der Waals surface area contributed by atoms with E-state index >= 15 is 0 Å². The predicted molar refractivity (Wildman–Crippen MR) is 93.5 cm³/mol. The van der Waals surface area contributed by atoms with Crippen LogP contribution in [0.2, 0.25) is 0 Å². The Hall–Kier alpha value is -2.34. The molecule has 1 heterocycles. The van der Waals surface area contributed by atoms with E-state index in [4.69, 9.17) is 0 Å². The van der Waals surface area contributed by atoms with Gasteiger partial charge < -0.3 is 10.4 Å². The normalized spacial score (nSPS) is 12.4. The van der Waals surface area contributed by atoms with Crippen LogP contribution in [0.4, 0.5) is 0 Å². The topological polar surface area (TPSA) is 87.1 Å². The summed E-state index contributed by atoms with van der Waals surface area (Å²) in [5, 5.41) is 15.6. The molecule has 0 aliphatic rings. The van der Waals surface area contributed by atoms with Gasteiger partial charge in [-0.3, -0.25) is 14.7 Å². The van der Waals surface area contributed by atoms with Gasteiger partial charge in [0.2, 0.25) is 0 Å². The number of nitrogens with zero attached hydrogens (tertiary/aromatic N) is 1. The number of amides is 1. The van der Waals surface area contributed by atoms with Crippen molar-refractivity contribution in [1.82, 2.24) is 15.1 Å². The SMILES string of the molecule is CCC(CC)C(O)CNC(=O)c1cc(=O)n(-c2ccc(C)cc2)[nH]1. The van der Waals surface area contributed by atoms with Gasteiger partial charge in [-0.25, -0.2) is 4.68 Å². The van der Waals surface area contributed by atoms with Gasteiger partial charge in [-0.2, -0.15) is 0 Å². The molecule has 0 spiro atoms. The van der Waals surface area contributed by atoms with Crippen molar-refractivity contribution in [2.24, 2.45) is 5.92 Å². The Morgan fingerprint density at radius 2 is 1.88 bits per heavy atom. The van der Waals surface area contributed by atoms with Crippen LogP contribution >= 0.6 is 0 Å². The summed E-state index contributed by atoms with van der Waals surface area (Å²) in [6, 6.07) is 8.68. The van der Waals surface area contributed by atoms with Crippen molar-refractivity contribution in [3.05, 3.63) is 51.9 Å². The summed E-state index contributed by atoms with van der Waals surface area (Å²) in [4.78, 5) is 24.3. The van der Waals surface area contributed by atoms with E-state index in [0.29, 0.717) is 5.69 Å². The summed E-state index contributed by atoms with van der Waals surface area (Å²) in [6.45, 7) is 6.16. The highest BCUT2D eigenvalue weighted by Gasteiger charge is 2.18. The van der Waals surface area contributed by atoms with Gasteiger partial charge >= 0.3 is 0 Å². The number of aliphatic hydroxyl groups excluding tert-OH is 1. The number of H-pyrrole nitrogens is 1. The number of aromatic nitrogens is 2. The first-order valence-corrected chi connectivity index (χ1v) is 8.31. The second-order valence-electron chi connectivity index (χ2n) is 6.03. The lowest BCUT2D eigenvalue weighted by Crippen LogP contribution is -2.36. The van der Waals surface area contributed by atoms with Crippen molar-refractivity contribution < 1.29 is 9.90 Å².